The second-order valence-corrected chi connectivity index (χ2v) is 7.80. The van der Waals surface area contributed by atoms with E-state index in [1.54, 1.807) is 11.1 Å². The number of carbonyl (C=O) groups excluding carboxylic acids is 1. The van der Waals surface area contributed by atoms with Crippen LogP contribution in [0.5, 0.6) is 0 Å². The fourth-order valence-electron chi connectivity index (χ4n) is 3.36. The molecule has 1 saturated heterocycles. The number of hydrogen-bond acceptors (Lipinski definition) is 8. The van der Waals surface area contributed by atoms with E-state index in [1.165, 1.54) is 6.33 Å². The van der Waals surface area contributed by atoms with Crippen LogP contribution >= 0.6 is 0 Å². The number of aryl methyl sites for hydroxylation is 1. The second kappa shape index (κ2) is 8.19. The fraction of sp³-hybridized carbons (Fsp3) is 0.381. The SMILES string of the molecule is Cc1cccc(Nc2ncnc3cnc(NC(C)(C)C(=O)N4CCOCC4)nc23)c1. The summed E-state index contributed by atoms with van der Waals surface area (Å²) in [4.78, 5) is 32.3. The maximum atomic E-state index is 12.9. The molecule has 4 rings (SSSR count). The summed E-state index contributed by atoms with van der Waals surface area (Å²) in [7, 11) is 0. The third-order valence-corrected chi connectivity index (χ3v) is 4.92. The number of anilines is 3. The van der Waals surface area contributed by atoms with Crippen LogP contribution < -0.4 is 10.6 Å². The maximum absolute atomic E-state index is 12.9. The van der Waals surface area contributed by atoms with E-state index in [9.17, 15) is 4.79 Å². The van der Waals surface area contributed by atoms with Crippen molar-refractivity contribution < 1.29 is 9.53 Å². The zero-order valence-electron chi connectivity index (χ0n) is 17.3. The molecule has 1 amide bonds. The Morgan fingerprint density at radius 3 is 2.73 bits per heavy atom. The van der Waals surface area contributed by atoms with Gasteiger partial charge in [-0.05, 0) is 38.5 Å². The lowest BCUT2D eigenvalue weighted by atomic mass is 10.0. The topological polar surface area (TPSA) is 105 Å². The van der Waals surface area contributed by atoms with Crippen molar-refractivity contribution in [1.82, 2.24) is 24.8 Å². The van der Waals surface area contributed by atoms with Crippen molar-refractivity contribution in [2.24, 2.45) is 0 Å². The number of morpholine rings is 1. The van der Waals surface area contributed by atoms with Crippen LogP contribution in [0.4, 0.5) is 17.5 Å². The fourth-order valence-corrected chi connectivity index (χ4v) is 3.36. The molecule has 9 heteroatoms. The first-order valence-corrected chi connectivity index (χ1v) is 9.89. The zero-order valence-corrected chi connectivity index (χ0v) is 17.3. The first-order chi connectivity index (χ1) is 14.4. The van der Waals surface area contributed by atoms with Gasteiger partial charge in [0.15, 0.2) is 5.82 Å². The van der Waals surface area contributed by atoms with E-state index >= 15 is 0 Å². The second-order valence-electron chi connectivity index (χ2n) is 7.80. The van der Waals surface area contributed by atoms with E-state index in [-0.39, 0.29) is 5.91 Å². The first-order valence-electron chi connectivity index (χ1n) is 9.89. The Labute approximate surface area is 174 Å². The van der Waals surface area contributed by atoms with Crippen LogP contribution in [0.3, 0.4) is 0 Å². The van der Waals surface area contributed by atoms with E-state index in [0.717, 1.165) is 11.3 Å². The van der Waals surface area contributed by atoms with Gasteiger partial charge in [-0.3, -0.25) is 4.79 Å². The molecule has 2 N–H and O–H groups in total. The van der Waals surface area contributed by atoms with Crippen LogP contribution in [0.25, 0.3) is 11.0 Å². The standard InChI is InChI=1S/C21H25N7O2/c1-14-5-4-6-15(11-14)25-18-17-16(23-13-24-18)12-22-20(26-17)27-21(2,3)19(29)28-7-9-30-10-8-28/h4-6,11-13H,7-10H2,1-3H3,(H,22,26,27)(H,23,24,25). The average molecular weight is 407 g/mol. The third kappa shape index (κ3) is 4.30. The van der Waals surface area contributed by atoms with Crippen molar-refractivity contribution in [1.29, 1.82) is 0 Å². The van der Waals surface area contributed by atoms with Crippen LogP contribution in [0, 0.1) is 6.92 Å². The predicted octanol–water partition coefficient (Wildman–Crippen LogP) is 2.52. The molecular formula is C21H25N7O2. The van der Waals surface area contributed by atoms with Gasteiger partial charge in [0, 0.05) is 18.8 Å². The summed E-state index contributed by atoms with van der Waals surface area (Å²) in [6.45, 7) is 7.96. The van der Waals surface area contributed by atoms with E-state index < -0.39 is 5.54 Å². The van der Waals surface area contributed by atoms with E-state index in [2.05, 4.69) is 30.6 Å². The molecule has 1 aliphatic rings. The van der Waals surface area contributed by atoms with Crippen molar-refractivity contribution in [3.63, 3.8) is 0 Å². The Morgan fingerprint density at radius 1 is 1.17 bits per heavy atom. The van der Waals surface area contributed by atoms with Gasteiger partial charge in [-0.1, -0.05) is 12.1 Å². The van der Waals surface area contributed by atoms with Crippen LogP contribution in [-0.2, 0) is 9.53 Å². The van der Waals surface area contributed by atoms with Gasteiger partial charge in [0.1, 0.15) is 22.9 Å². The highest BCUT2D eigenvalue weighted by molar-refractivity contribution is 5.90. The van der Waals surface area contributed by atoms with Crippen molar-refractivity contribution in [2.45, 2.75) is 26.3 Å². The molecule has 1 fully saturated rings. The van der Waals surface area contributed by atoms with Crippen LogP contribution in [0.2, 0.25) is 0 Å². The van der Waals surface area contributed by atoms with Crippen LogP contribution in [0.15, 0.2) is 36.8 Å². The number of ether oxygens (including phenoxy) is 1. The molecule has 3 aromatic rings. The first kappa shape index (κ1) is 20.0. The number of hydrogen-bond donors (Lipinski definition) is 2. The predicted molar refractivity (Wildman–Crippen MR) is 115 cm³/mol. The van der Waals surface area contributed by atoms with E-state index in [0.29, 0.717) is 49.1 Å². The minimum absolute atomic E-state index is 0.0167. The molecule has 1 aromatic carbocycles. The number of amides is 1. The largest absolute Gasteiger partial charge is 0.378 e. The van der Waals surface area contributed by atoms with Crippen LogP contribution in [0.1, 0.15) is 19.4 Å². The molecule has 0 aliphatic carbocycles. The summed E-state index contributed by atoms with van der Waals surface area (Å²) in [5, 5.41) is 6.46. The summed E-state index contributed by atoms with van der Waals surface area (Å²) in [5.41, 5.74) is 2.36. The van der Waals surface area contributed by atoms with Gasteiger partial charge >= 0.3 is 0 Å². The van der Waals surface area contributed by atoms with Crippen molar-refractivity contribution in [3.8, 4) is 0 Å². The van der Waals surface area contributed by atoms with E-state index in [1.807, 2.05) is 45.0 Å². The lowest BCUT2D eigenvalue weighted by Crippen LogP contribution is -2.53. The molecule has 1 aliphatic heterocycles. The minimum Gasteiger partial charge on any atom is -0.378 e. The average Bonchev–Trinajstić information content (AvgIpc) is 2.74. The summed E-state index contributed by atoms with van der Waals surface area (Å²) in [6, 6.07) is 7.99. The lowest BCUT2D eigenvalue weighted by molar-refractivity contribution is -0.139. The highest BCUT2D eigenvalue weighted by Crippen LogP contribution is 2.23. The Hall–Kier alpha value is -3.33. The number of rotatable bonds is 5. The van der Waals surface area contributed by atoms with Gasteiger partial charge < -0.3 is 20.3 Å². The normalized spacial score (nSPS) is 14.6. The number of aromatic nitrogens is 4. The van der Waals surface area contributed by atoms with Crippen molar-refractivity contribution in [2.75, 3.05) is 36.9 Å². The number of nitrogens with zero attached hydrogens (tertiary/aromatic N) is 5. The molecule has 3 heterocycles. The minimum atomic E-state index is -0.870. The van der Waals surface area contributed by atoms with Gasteiger partial charge in [0.2, 0.25) is 11.9 Å². The van der Waals surface area contributed by atoms with Gasteiger partial charge in [0.05, 0.1) is 19.4 Å². The summed E-state index contributed by atoms with van der Waals surface area (Å²) in [6.07, 6.45) is 3.10. The number of fused-ring (bicyclic) bond motifs is 1. The quantitative estimate of drug-likeness (QED) is 0.665. The molecule has 0 spiro atoms. The maximum Gasteiger partial charge on any atom is 0.247 e. The summed E-state index contributed by atoms with van der Waals surface area (Å²) in [5.74, 6) is 0.904. The van der Waals surface area contributed by atoms with Gasteiger partial charge in [-0.15, -0.1) is 0 Å². The van der Waals surface area contributed by atoms with Crippen molar-refractivity contribution in [3.05, 3.63) is 42.4 Å². The van der Waals surface area contributed by atoms with Gasteiger partial charge in [-0.2, -0.15) is 0 Å². The van der Waals surface area contributed by atoms with Gasteiger partial charge in [0.25, 0.3) is 0 Å². The van der Waals surface area contributed by atoms with Gasteiger partial charge in [-0.25, -0.2) is 19.9 Å². The highest BCUT2D eigenvalue weighted by atomic mass is 16.5. The Bertz CT molecular complexity index is 1060. The molecule has 0 unspecified atom stereocenters. The molecule has 0 atom stereocenters. The number of benzene rings is 1. The summed E-state index contributed by atoms with van der Waals surface area (Å²) < 4.78 is 5.34. The molecule has 9 nitrogen and oxygen atoms in total. The molecule has 30 heavy (non-hydrogen) atoms. The van der Waals surface area contributed by atoms with E-state index in [4.69, 9.17) is 4.74 Å². The molecule has 156 valence electrons. The van der Waals surface area contributed by atoms with Crippen LogP contribution in [-0.4, -0.2) is 62.6 Å². The Morgan fingerprint density at radius 2 is 1.97 bits per heavy atom. The lowest BCUT2D eigenvalue weighted by Gasteiger charge is -2.34. The zero-order chi connectivity index (χ0) is 21.1. The Kier molecular flexibility index (Phi) is 5.45. The molecule has 0 saturated carbocycles. The highest BCUT2D eigenvalue weighted by Gasteiger charge is 2.33. The third-order valence-electron chi connectivity index (χ3n) is 4.92. The molecular weight excluding hydrogens is 382 g/mol. The Balaban J connectivity index is 1.60. The smallest absolute Gasteiger partial charge is 0.247 e. The number of nitrogens with one attached hydrogen (secondary N) is 2. The monoisotopic (exact) mass is 407 g/mol. The van der Waals surface area contributed by atoms with Crippen molar-refractivity contribution >= 4 is 34.4 Å². The molecule has 2 aromatic heterocycles. The number of carbonyl (C=O) groups is 1. The molecule has 0 bridgehead atoms. The molecule has 0 radical (unpaired) electrons. The summed E-state index contributed by atoms with van der Waals surface area (Å²) >= 11 is 0.